The van der Waals surface area contributed by atoms with E-state index in [4.69, 9.17) is 0 Å². The molecule has 0 saturated carbocycles. The smallest absolute Gasteiger partial charge is 0.254 e. The number of carbonyl (C=O) groups excluding carboxylic acids is 1. The van der Waals surface area contributed by atoms with Crippen LogP contribution in [0.1, 0.15) is 29.8 Å². The predicted octanol–water partition coefficient (Wildman–Crippen LogP) is 4.03. The van der Waals surface area contributed by atoms with Crippen LogP contribution in [-0.4, -0.2) is 21.8 Å². The Kier molecular flexibility index (Phi) is 5.07. The number of rotatable bonds is 4. The fourth-order valence-electron chi connectivity index (χ4n) is 1.97. The van der Waals surface area contributed by atoms with E-state index in [1.807, 2.05) is 26.0 Å². The average Bonchev–Trinajstić information content (AvgIpc) is 2.47. The van der Waals surface area contributed by atoms with Crippen molar-refractivity contribution >= 4 is 21.8 Å². The quantitative estimate of drug-likeness (QED) is 0.833. The molecule has 1 amide bonds. The first-order chi connectivity index (χ1) is 9.99. The minimum absolute atomic E-state index is 0.00409. The van der Waals surface area contributed by atoms with Gasteiger partial charge in [-0.1, -0.05) is 6.07 Å². The molecule has 0 aliphatic rings. The monoisotopic (exact) mass is 350 g/mol. The highest BCUT2D eigenvalue weighted by atomic mass is 79.9. The molecule has 0 N–H and O–H groups in total. The zero-order chi connectivity index (χ0) is 15.4. The van der Waals surface area contributed by atoms with Crippen molar-refractivity contribution in [2.75, 3.05) is 0 Å². The molecule has 0 unspecified atom stereocenters. The second kappa shape index (κ2) is 6.80. The average molecular weight is 351 g/mol. The largest absolute Gasteiger partial charge is 0.332 e. The van der Waals surface area contributed by atoms with E-state index in [9.17, 15) is 9.18 Å². The number of aromatic nitrogens is 1. The molecule has 0 spiro atoms. The van der Waals surface area contributed by atoms with Crippen LogP contribution >= 0.6 is 15.9 Å². The van der Waals surface area contributed by atoms with Gasteiger partial charge in [-0.3, -0.25) is 9.78 Å². The summed E-state index contributed by atoms with van der Waals surface area (Å²) in [5.74, 6) is -0.633. The van der Waals surface area contributed by atoms with Gasteiger partial charge in [0.2, 0.25) is 0 Å². The first kappa shape index (κ1) is 15.6. The van der Waals surface area contributed by atoms with Gasteiger partial charge in [-0.25, -0.2) is 4.39 Å². The van der Waals surface area contributed by atoms with Gasteiger partial charge < -0.3 is 4.90 Å². The Morgan fingerprint density at radius 3 is 2.71 bits per heavy atom. The van der Waals surface area contributed by atoms with Crippen LogP contribution in [0.4, 0.5) is 4.39 Å². The van der Waals surface area contributed by atoms with Crippen LogP contribution in [0.5, 0.6) is 0 Å². The molecule has 1 heterocycles. The van der Waals surface area contributed by atoms with Gasteiger partial charge in [0.25, 0.3) is 5.91 Å². The lowest BCUT2D eigenvalue weighted by molar-refractivity contribution is 0.0689. The summed E-state index contributed by atoms with van der Waals surface area (Å²) in [6, 6.07) is 8.17. The highest BCUT2D eigenvalue weighted by Crippen LogP contribution is 2.19. The molecular formula is C16H16BrFN2O. The van der Waals surface area contributed by atoms with Crippen LogP contribution in [0, 0.1) is 5.82 Å². The second-order valence-corrected chi connectivity index (χ2v) is 5.87. The van der Waals surface area contributed by atoms with E-state index in [0.29, 0.717) is 16.6 Å². The van der Waals surface area contributed by atoms with Gasteiger partial charge >= 0.3 is 0 Å². The Labute approximate surface area is 131 Å². The third-order valence-corrected chi connectivity index (χ3v) is 3.77. The zero-order valence-electron chi connectivity index (χ0n) is 11.9. The van der Waals surface area contributed by atoms with Crippen molar-refractivity contribution in [3.8, 4) is 0 Å². The molecule has 1 aromatic heterocycles. The number of benzene rings is 1. The number of hydrogen-bond donors (Lipinski definition) is 0. The highest BCUT2D eigenvalue weighted by molar-refractivity contribution is 9.10. The van der Waals surface area contributed by atoms with Crippen molar-refractivity contribution in [1.82, 2.24) is 9.88 Å². The Bertz CT molecular complexity index is 631. The topological polar surface area (TPSA) is 33.2 Å². The normalized spacial score (nSPS) is 10.7. The van der Waals surface area contributed by atoms with Gasteiger partial charge in [0.1, 0.15) is 5.82 Å². The lowest BCUT2D eigenvalue weighted by Crippen LogP contribution is -2.36. The molecule has 110 valence electrons. The lowest BCUT2D eigenvalue weighted by atomic mass is 10.1. The van der Waals surface area contributed by atoms with Crippen LogP contribution in [0.2, 0.25) is 0 Å². The van der Waals surface area contributed by atoms with Crippen LogP contribution in [0.3, 0.4) is 0 Å². The maximum atomic E-state index is 13.6. The molecule has 0 aliphatic heterocycles. The Balaban J connectivity index is 2.25. The van der Waals surface area contributed by atoms with Gasteiger partial charge in [-0.2, -0.15) is 0 Å². The molecule has 1 aromatic carbocycles. The first-order valence-corrected chi connectivity index (χ1v) is 7.43. The van der Waals surface area contributed by atoms with Crippen molar-refractivity contribution in [2.45, 2.75) is 26.4 Å². The number of pyridine rings is 1. The molecule has 0 aliphatic carbocycles. The summed E-state index contributed by atoms with van der Waals surface area (Å²) in [4.78, 5) is 18.3. The SMILES string of the molecule is CC(C)N(Cc1cccnc1)C(=O)c1ccc(Br)c(F)c1. The van der Waals surface area contributed by atoms with Crippen molar-refractivity contribution in [3.05, 3.63) is 64.1 Å². The fourth-order valence-corrected chi connectivity index (χ4v) is 2.22. The number of halogens is 2. The lowest BCUT2D eigenvalue weighted by Gasteiger charge is -2.27. The van der Waals surface area contributed by atoms with E-state index in [1.165, 1.54) is 6.07 Å². The van der Waals surface area contributed by atoms with E-state index in [0.717, 1.165) is 5.56 Å². The standard InChI is InChI=1S/C16H16BrFN2O/c1-11(2)20(10-12-4-3-7-19-9-12)16(21)13-5-6-14(17)15(18)8-13/h3-9,11H,10H2,1-2H3. The number of nitrogens with zero attached hydrogens (tertiary/aromatic N) is 2. The summed E-state index contributed by atoms with van der Waals surface area (Å²) in [7, 11) is 0. The molecule has 3 nitrogen and oxygen atoms in total. The number of hydrogen-bond acceptors (Lipinski definition) is 2. The third kappa shape index (κ3) is 3.88. The minimum atomic E-state index is -0.439. The van der Waals surface area contributed by atoms with Gasteiger partial charge in [0, 0.05) is 30.5 Å². The summed E-state index contributed by atoms with van der Waals surface area (Å²) in [6.45, 7) is 4.31. The van der Waals surface area contributed by atoms with Gasteiger partial charge in [-0.05, 0) is 59.6 Å². The molecule has 0 bridgehead atoms. The van der Waals surface area contributed by atoms with Crippen molar-refractivity contribution in [3.63, 3.8) is 0 Å². The fraction of sp³-hybridized carbons (Fsp3) is 0.250. The molecule has 2 aromatic rings. The Hall–Kier alpha value is -1.75. The molecular weight excluding hydrogens is 335 g/mol. The number of carbonyl (C=O) groups is 1. The third-order valence-electron chi connectivity index (χ3n) is 3.13. The van der Waals surface area contributed by atoms with E-state index in [1.54, 1.807) is 29.4 Å². The van der Waals surface area contributed by atoms with Crippen LogP contribution in [-0.2, 0) is 6.54 Å². The second-order valence-electron chi connectivity index (χ2n) is 5.02. The maximum absolute atomic E-state index is 13.6. The highest BCUT2D eigenvalue weighted by Gasteiger charge is 2.20. The summed E-state index contributed by atoms with van der Waals surface area (Å²) in [6.07, 6.45) is 3.42. The zero-order valence-corrected chi connectivity index (χ0v) is 13.5. The number of amides is 1. The molecule has 0 saturated heterocycles. The van der Waals surface area contributed by atoms with E-state index in [-0.39, 0.29) is 11.9 Å². The van der Waals surface area contributed by atoms with Crippen molar-refractivity contribution in [1.29, 1.82) is 0 Å². The van der Waals surface area contributed by atoms with E-state index >= 15 is 0 Å². The molecule has 5 heteroatoms. The molecule has 0 fully saturated rings. The van der Waals surface area contributed by atoms with Gasteiger partial charge in [0.15, 0.2) is 0 Å². The van der Waals surface area contributed by atoms with Gasteiger partial charge in [-0.15, -0.1) is 0 Å². The van der Waals surface area contributed by atoms with E-state index in [2.05, 4.69) is 20.9 Å². The van der Waals surface area contributed by atoms with Crippen LogP contribution in [0.25, 0.3) is 0 Å². The Morgan fingerprint density at radius 1 is 1.38 bits per heavy atom. The summed E-state index contributed by atoms with van der Waals surface area (Å²) in [5, 5.41) is 0. The summed E-state index contributed by atoms with van der Waals surface area (Å²) < 4.78 is 14.0. The van der Waals surface area contributed by atoms with Crippen LogP contribution in [0.15, 0.2) is 47.2 Å². The van der Waals surface area contributed by atoms with Crippen LogP contribution < -0.4 is 0 Å². The minimum Gasteiger partial charge on any atom is -0.332 e. The van der Waals surface area contributed by atoms with Crippen molar-refractivity contribution < 1.29 is 9.18 Å². The molecule has 0 radical (unpaired) electrons. The Morgan fingerprint density at radius 2 is 2.14 bits per heavy atom. The van der Waals surface area contributed by atoms with E-state index < -0.39 is 5.82 Å². The molecule has 21 heavy (non-hydrogen) atoms. The van der Waals surface area contributed by atoms with Gasteiger partial charge in [0.05, 0.1) is 4.47 Å². The maximum Gasteiger partial charge on any atom is 0.254 e. The van der Waals surface area contributed by atoms with Crippen molar-refractivity contribution in [2.24, 2.45) is 0 Å². The summed E-state index contributed by atoms with van der Waals surface area (Å²) in [5.41, 5.74) is 1.28. The molecule has 2 rings (SSSR count). The first-order valence-electron chi connectivity index (χ1n) is 6.64. The molecule has 0 atom stereocenters. The summed E-state index contributed by atoms with van der Waals surface area (Å²) >= 11 is 3.09. The predicted molar refractivity (Wildman–Crippen MR) is 83.3 cm³/mol.